The number of likely N-dealkylation sites (tertiary alicyclic amines) is 2. The largest absolute Gasteiger partial charge is 0.468 e. The second-order valence-electron chi connectivity index (χ2n) is 16.4. The summed E-state index contributed by atoms with van der Waals surface area (Å²) < 4.78 is 22.8. The van der Waals surface area contributed by atoms with Crippen LogP contribution in [0.1, 0.15) is 60.4 Å². The van der Waals surface area contributed by atoms with Crippen LogP contribution in [-0.4, -0.2) is 97.1 Å². The number of esters is 4. The molecule has 66 heavy (non-hydrogen) atoms. The molecule has 2 bridgehead atoms. The zero-order chi connectivity index (χ0) is 46.2. The first kappa shape index (κ1) is 43.7. The van der Waals surface area contributed by atoms with Gasteiger partial charge >= 0.3 is 23.9 Å². The Morgan fingerprint density at radius 1 is 0.621 bits per heavy atom. The van der Waals surface area contributed by atoms with Crippen LogP contribution in [0.15, 0.2) is 134 Å². The summed E-state index contributed by atoms with van der Waals surface area (Å²) in [7, 11) is 2.48. The third kappa shape index (κ3) is 7.47. The first-order chi connectivity index (χ1) is 32.0. The second kappa shape index (κ2) is 17.8. The predicted octanol–water partition coefficient (Wildman–Crippen LogP) is 5.90. The molecule has 2 fully saturated rings. The maximum Gasteiger partial charge on any atom is 0.317 e. The Labute approximate surface area is 379 Å². The third-order valence-corrected chi connectivity index (χ3v) is 12.5. The number of carbonyl (C=O) groups is 4. The molecule has 16 nitrogen and oxygen atoms in total. The van der Waals surface area contributed by atoms with Gasteiger partial charge in [-0.3, -0.25) is 43.9 Å². The van der Waals surface area contributed by atoms with Crippen molar-refractivity contribution >= 4 is 45.7 Å². The van der Waals surface area contributed by atoms with Crippen molar-refractivity contribution in [3.63, 3.8) is 0 Å². The topological polar surface area (TPSA) is 196 Å². The average Bonchev–Trinajstić information content (AvgIpc) is 3.33. The van der Waals surface area contributed by atoms with Gasteiger partial charge in [-0.25, -0.2) is 9.97 Å². The van der Waals surface area contributed by atoms with E-state index in [0.717, 1.165) is 0 Å². The number of ether oxygens (including phenoxy) is 4. The highest BCUT2D eigenvalue weighted by atomic mass is 16.5. The molecule has 7 heterocycles. The van der Waals surface area contributed by atoms with Gasteiger partial charge in [0.1, 0.15) is 21.9 Å². The number of para-hydroxylation sites is 2. The summed E-state index contributed by atoms with van der Waals surface area (Å²) in [5.74, 6) is -2.31. The van der Waals surface area contributed by atoms with Crippen LogP contribution in [0, 0.1) is 10.8 Å². The van der Waals surface area contributed by atoms with Crippen LogP contribution in [0.2, 0.25) is 0 Å². The van der Waals surface area contributed by atoms with Gasteiger partial charge in [0.25, 0.3) is 0 Å². The molecule has 0 amide bonds. The Kier molecular flexibility index (Phi) is 11.8. The van der Waals surface area contributed by atoms with E-state index in [4.69, 9.17) is 38.9 Å². The maximum atomic E-state index is 15.3. The molecule has 2 aromatic carbocycles. The van der Waals surface area contributed by atoms with Crippen molar-refractivity contribution in [1.82, 2.24) is 34.7 Å². The van der Waals surface area contributed by atoms with Crippen LogP contribution in [0.3, 0.4) is 0 Å². The Morgan fingerprint density at radius 3 is 1.50 bits per heavy atom. The Morgan fingerprint density at radius 2 is 1.09 bits per heavy atom. The van der Waals surface area contributed by atoms with Crippen molar-refractivity contribution in [3.05, 3.63) is 162 Å². The molecular weight excluding hydrogens is 843 g/mol. The summed E-state index contributed by atoms with van der Waals surface area (Å²) in [6, 6.07) is 30.6. The number of hydrogen-bond donors (Lipinski definition) is 1. The molecule has 0 radical (unpaired) electrons. The minimum absolute atomic E-state index is 0.0767. The van der Waals surface area contributed by atoms with E-state index in [1.807, 2.05) is 46.2 Å². The minimum atomic E-state index is -2.01. The zero-order valence-electron chi connectivity index (χ0n) is 36.5. The fourth-order valence-electron chi connectivity index (χ4n) is 10.1. The number of pyridine rings is 5. The van der Waals surface area contributed by atoms with Gasteiger partial charge in [0.05, 0.1) is 66.9 Å². The molecule has 4 atom stereocenters. The number of hydrogen-bond acceptors (Lipinski definition) is 16. The van der Waals surface area contributed by atoms with Crippen LogP contribution in [0.5, 0.6) is 11.5 Å². The number of aliphatic hydroxyl groups excluding tert-OH is 1. The summed E-state index contributed by atoms with van der Waals surface area (Å²) in [5, 5.41) is 14.8. The van der Waals surface area contributed by atoms with E-state index < -0.39 is 58.9 Å². The normalized spacial score (nSPS) is 21.9. The van der Waals surface area contributed by atoms with E-state index in [-0.39, 0.29) is 31.1 Å². The first-order valence-electron chi connectivity index (χ1n) is 21.2. The lowest BCUT2D eigenvalue weighted by atomic mass is 9.53. The van der Waals surface area contributed by atoms with Crippen molar-refractivity contribution in [2.24, 2.45) is 10.8 Å². The number of methoxy groups -OCH3 is 2. The number of carbonyl (C=O) groups excluding carboxylic acids is 4. The molecule has 16 heteroatoms. The van der Waals surface area contributed by atoms with Crippen LogP contribution in [0.25, 0.3) is 21.8 Å². The summed E-state index contributed by atoms with van der Waals surface area (Å²) in [6.07, 6.45) is 3.09. The standard InChI is InChI=1S/C50H45N7O9/c1-30(58)65-39-18-11-13-32-20-22-35(54-41(32)39)43(36-23-21-33-14-12-19-40(42(33)55-36)66-31(2)59)56-28-49(47(61)63-3)44(37-16-6-9-25-52-37)57(27-34-15-5-8-24-51-34)45(38-17-7-10-26-53-38)50(29-56,46(49)60)48(62)64-4/h5-26,43-46,60H,27-29H2,1-4H3. The van der Waals surface area contributed by atoms with Crippen LogP contribution in [0.4, 0.5) is 0 Å². The van der Waals surface area contributed by atoms with E-state index >= 15 is 9.59 Å². The predicted molar refractivity (Wildman–Crippen MR) is 238 cm³/mol. The SMILES string of the molecule is COC(=O)C12CN(C(c3ccc4cccc(OC(C)=O)c4n3)c3ccc4cccc(OC(C)=O)c4n3)CC(C(=O)OC)(C(c3ccccn3)N(Cc3ccccn3)C1c1ccccn1)C2O. The smallest absolute Gasteiger partial charge is 0.317 e. The molecule has 4 unspecified atom stereocenters. The number of aromatic nitrogens is 5. The molecule has 2 aliphatic heterocycles. The maximum absolute atomic E-state index is 15.3. The molecule has 2 saturated heterocycles. The lowest BCUT2D eigenvalue weighted by Gasteiger charge is -2.65. The molecule has 334 valence electrons. The lowest BCUT2D eigenvalue weighted by Crippen LogP contribution is -2.77. The fourth-order valence-corrected chi connectivity index (χ4v) is 10.1. The van der Waals surface area contributed by atoms with Crippen LogP contribution < -0.4 is 9.47 Å². The van der Waals surface area contributed by atoms with Crippen molar-refractivity contribution in [2.45, 2.75) is 44.6 Å². The Bertz CT molecular complexity index is 2790. The quantitative estimate of drug-likeness (QED) is 0.119. The summed E-state index contributed by atoms with van der Waals surface area (Å²) in [5.41, 5.74) is -1.13. The zero-order valence-corrected chi connectivity index (χ0v) is 36.5. The molecule has 2 aliphatic rings. The first-order valence-corrected chi connectivity index (χ1v) is 21.2. The number of piperidine rings is 2. The molecule has 9 rings (SSSR count). The highest BCUT2D eigenvalue weighted by molar-refractivity contribution is 5.89. The average molecular weight is 888 g/mol. The molecular formula is C50H45N7O9. The van der Waals surface area contributed by atoms with E-state index in [1.165, 1.54) is 28.1 Å². The monoisotopic (exact) mass is 887 g/mol. The van der Waals surface area contributed by atoms with Gasteiger partial charge in [-0.2, -0.15) is 0 Å². The minimum Gasteiger partial charge on any atom is -0.468 e. The number of aliphatic hydroxyl groups is 1. The summed E-state index contributed by atoms with van der Waals surface area (Å²) >= 11 is 0. The van der Waals surface area contributed by atoms with E-state index in [0.29, 0.717) is 50.3 Å². The highest BCUT2D eigenvalue weighted by Gasteiger charge is 2.76. The third-order valence-electron chi connectivity index (χ3n) is 12.5. The number of benzene rings is 2. The van der Waals surface area contributed by atoms with Gasteiger partial charge in [-0.15, -0.1) is 0 Å². The van der Waals surface area contributed by atoms with Crippen molar-refractivity contribution in [1.29, 1.82) is 0 Å². The van der Waals surface area contributed by atoms with Gasteiger partial charge < -0.3 is 24.1 Å². The molecule has 7 aromatic rings. The Hall–Kier alpha value is -7.53. The van der Waals surface area contributed by atoms with Crippen molar-refractivity contribution in [2.75, 3.05) is 27.3 Å². The molecule has 1 N–H and O–H groups in total. The second-order valence-corrected chi connectivity index (χ2v) is 16.4. The number of fused-ring (bicyclic) bond motifs is 4. The van der Waals surface area contributed by atoms with E-state index in [1.54, 1.807) is 97.5 Å². The van der Waals surface area contributed by atoms with Crippen molar-refractivity contribution in [3.8, 4) is 11.5 Å². The number of rotatable bonds is 11. The van der Waals surface area contributed by atoms with Crippen LogP contribution >= 0.6 is 0 Å². The molecule has 0 saturated carbocycles. The summed E-state index contributed by atoms with van der Waals surface area (Å²) in [6.45, 7) is 2.17. The van der Waals surface area contributed by atoms with Crippen LogP contribution in [-0.2, 0) is 35.2 Å². The molecule has 5 aromatic heterocycles. The molecule has 0 aliphatic carbocycles. The van der Waals surface area contributed by atoms with Gasteiger partial charge in [-0.05, 0) is 60.7 Å². The fraction of sp³-hybridized carbons (Fsp3) is 0.260. The highest BCUT2D eigenvalue weighted by Crippen LogP contribution is 2.64. The Balaban J connectivity index is 1.37. The van der Waals surface area contributed by atoms with Gasteiger partial charge in [0.15, 0.2) is 11.5 Å². The van der Waals surface area contributed by atoms with E-state index in [2.05, 4.69) is 4.98 Å². The van der Waals surface area contributed by atoms with E-state index in [9.17, 15) is 14.7 Å². The summed E-state index contributed by atoms with van der Waals surface area (Å²) in [4.78, 5) is 83.9. The number of nitrogens with zero attached hydrogens (tertiary/aromatic N) is 7. The van der Waals surface area contributed by atoms with Gasteiger partial charge in [-0.1, -0.05) is 54.6 Å². The lowest BCUT2D eigenvalue weighted by molar-refractivity contribution is -0.257. The molecule has 0 spiro atoms. The van der Waals surface area contributed by atoms with Gasteiger partial charge in [0.2, 0.25) is 0 Å². The van der Waals surface area contributed by atoms with Gasteiger partial charge in [0, 0.05) is 62.8 Å². The van der Waals surface area contributed by atoms with Crippen molar-refractivity contribution < 1.29 is 43.2 Å².